The molecule has 0 spiro atoms. The smallest absolute Gasteiger partial charge is 0.410 e. The molecule has 0 radical (unpaired) electrons. The fourth-order valence-electron chi connectivity index (χ4n) is 4.89. The van der Waals surface area contributed by atoms with Crippen LogP contribution in [-0.4, -0.2) is 47.2 Å². The third-order valence-corrected chi connectivity index (χ3v) is 6.71. The second-order valence-corrected chi connectivity index (χ2v) is 11.6. The van der Waals surface area contributed by atoms with Crippen LogP contribution in [0.15, 0.2) is 24.3 Å². The number of likely N-dealkylation sites (tertiary alicyclic amines) is 1. The fraction of sp³-hybridized carbons (Fsp3) is 0.552. The van der Waals surface area contributed by atoms with E-state index in [9.17, 15) is 14.4 Å². The van der Waals surface area contributed by atoms with Crippen molar-refractivity contribution in [3.8, 4) is 17.2 Å². The first-order chi connectivity index (χ1) is 17.3. The predicted octanol–water partition coefficient (Wildman–Crippen LogP) is 5.81. The lowest BCUT2D eigenvalue weighted by Crippen LogP contribution is -2.42. The summed E-state index contributed by atoms with van der Waals surface area (Å²) in [7, 11) is 0. The van der Waals surface area contributed by atoms with Gasteiger partial charge in [-0.05, 0) is 66.2 Å². The lowest BCUT2D eigenvalue weighted by Gasteiger charge is -2.35. The Morgan fingerprint density at radius 3 is 2.30 bits per heavy atom. The number of esters is 2. The van der Waals surface area contributed by atoms with E-state index < -0.39 is 17.5 Å². The first-order valence-electron chi connectivity index (χ1n) is 13.0. The number of nitrogens with zero attached hydrogens (tertiary/aromatic N) is 1. The molecule has 0 saturated carbocycles. The Morgan fingerprint density at radius 1 is 1.03 bits per heavy atom. The Labute approximate surface area is 218 Å². The van der Waals surface area contributed by atoms with Gasteiger partial charge in [-0.1, -0.05) is 24.3 Å². The standard InChI is InChI=1S/C29H37NO7/c1-18(31)34-25-21-10-8-7-9-20(21)24-22(11-14-29(5,6)36-24)26(25)35-23(32)17-19-12-15-30(16-13-19)27(33)37-28(2,3)4/h7-10,19H,11-17H2,1-6H3. The quantitative estimate of drug-likeness (QED) is 0.378. The average Bonchev–Trinajstić information content (AvgIpc) is 2.80. The fourth-order valence-corrected chi connectivity index (χ4v) is 4.89. The van der Waals surface area contributed by atoms with E-state index in [-0.39, 0.29) is 35.5 Å². The number of fused-ring (bicyclic) bond motifs is 3. The van der Waals surface area contributed by atoms with Gasteiger partial charge in [-0.15, -0.1) is 0 Å². The third kappa shape index (κ3) is 6.35. The van der Waals surface area contributed by atoms with E-state index >= 15 is 0 Å². The Hall–Kier alpha value is -3.29. The second-order valence-electron chi connectivity index (χ2n) is 11.6. The van der Waals surface area contributed by atoms with Crippen LogP contribution < -0.4 is 14.2 Å². The highest BCUT2D eigenvalue weighted by Crippen LogP contribution is 2.50. The minimum absolute atomic E-state index is 0.0785. The minimum atomic E-state index is -0.546. The van der Waals surface area contributed by atoms with Crippen molar-refractivity contribution in [2.75, 3.05) is 13.1 Å². The van der Waals surface area contributed by atoms with Gasteiger partial charge in [0.1, 0.15) is 17.0 Å². The van der Waals surface area contributed by atoms with Crippen LogP contribution in [0.25, 0.3) is 10.8 Å². The maximum absolute atomic E-state index is 13.2. The van der Waals surface area contributed by atoms with Gasteiger partial charge in [0.2, 0.25) is 0 Å². The first-order valence-corrected chi connectivity index (χ1v) is 13.0. The van der Waals surface area contributed by atoms with Crippen LogP contribution in [0.2, 0.25) is 0 Å². The SMILES string of the molecule is CC(=O)Oc1c(OC(=O)CC2CCN(C(=O)OC(C)(C)C)CC2)c2c(c3ccccc13)OC(C)(C)CC2. The van der Waals surface area contributed by atoms with Crippen LogP contribution >= 0.6 is 0 Å². The predicted molar refractivity (Wildman–Crippen MR) is 139 cm³/mol. The highest BCUT2D eigenvalue weighted by molar-refractivity contribution is 5.99. The molecule has 1 amide bonds. The van der Waals surface area contributed by atoms with Gasteiger partial charge in [0.25, 0.3) is 0 Å². The molecule has 8 nitrogen and oxygen atoms in total. The Balaban J connectivity index is 1.55. The molecule has 1 fully saturated rings. The molecule has 0 aliphatic carbocycles. The summed E-state index contributed by atoms with van der Waals surface area (Å²) >= 11 is 0. The van der Waals surface area contributed by atoms with E-state index in [1.165, 1.54) is 6.92 Å². The van der Waals surface area contributed by atoms with Gasteiger partial charge >= 0.3 is 18.0 Å². The molecule has 0 N–H and O–H groups in total. The van der Waals surface area contributed by atoms with E-state index in [0.717, 1.165) is 17.4 Å². The lowest BCUT2D eigenvalue weighted by molar-refractivity contribution is -0.137. The van der Waals surface area contributed by atoms with E-state index in [2.05, 4.69) is 0 Å². The van der Waals surface area contributed by atoms with Crippen molar-refractivity contribution < 1.29 is 33.3 Å². The Morgan fingerprint density at radius 2 is 1.68 bits per heavy atom. The van der Waals surface area contributed by atoms with Crippen LogP contribution in [0.1, 0.15) is 72.8 Å². The summed E-state index contributed by atoms with van der Waals surface area (Å²) < 4.78 is 23.4. The van der Waals surface area contributed by atoms with E-state index in [1.807, 2.05) is 58.9 Å². The van der Waals surface area contributed by atoms with E-state index in [4.69, 9.17) is 18.9 Å². The normalized spacial score (nSPS) is 17.5. The summed E-state index contributed by atoms with van der Waals surface area (Å²) in [6.07, 6.45) is 2.58. The number of hydrogen-bond acceptors (Lipinski definition) is 7. The summed E-state index contributed by atoms with van der Waals surface area (Å²) in [4.78, 5) is 39.2. The molecule has 2 heterocycles. The summed E-state index contributed by atoms with van der Waals surface area (Å²) in [6.45, 7) is 12.0. The minimum Gasteiger partial charge on any atom is -0.487 e. The van der Waals surface area contributed by atoms with Crippen molar-refractivity contribution in [2.24, 2.45) is 5.92 Å². The molecule has 2 aromatic rings. The molecule has 37 heavy (non-hydrogen) atoms. The lowest BCUT2D eigenvalue weighted by atomic mass is 9.90. The van der Waals surface area contributed by atoms with Crippen LogP contribution in [0.3, 0.4) is 0 Å². The maximum Gasteiger partial charge on any atom is 0.410 e. The van der Waals surface area contributed by atoms with Gasteiger partial charge in [-0.3, -0.25) is 9.59 Å². The maximum atomic E-state index is 13.2. The van der Waals surface area contributed by atoms with Crippen LogP contribution in [0.4, 0.5) is 4.79 Å². The van der Waals surface area contributed by atoms with Crippen molar-refractivity contribution in [1.29, 1.82) is 0 Å². The highest BCUT2D eigenvalue weighted by atomic mass is 16.6. The first kappa shape index (κ1) is 26.8. The van der Waals surface area contributed by atoms with Crippen molar-refractivity contribution in [3.05, 3.63) is 29.8 Å². The Bertz CT molecular complexity index is 1200. The molecule has 2 aromatic carbocycles. The molecule has 0 unspecified atom stereocenters. The van der Waals surface area contributed by atoms with Crippen LogP contribution in [0.5, 0.6) is 17.2 Å². The highest BCUT2D eigenvalue weighted by Gasteiger charge is 2.35. The van der Waals surface area contributed by atoms with Crippen LogP contribution in [-0.2, 0) is 20.7 Å². The molecular formula is C29H37NO7. The largest absolute Gasteiger partial charge is 0.487 e. The summed E-state index contributed by atoms with van der Waals surface area (Å²) in [5, 5.41) is 1.47. The summed E-state index contributed by atoms with van der Waals surface area (Å²) in [5.41, 5.74) is -0.181. The number of ether oxygens (including phenoxy) is 4. The molecule has 8 heteroatoms. The van der Waals surface area contributed by atoms with Gasteiger partial charge in [0.05, 0.1) is 0 Å². The zero-order valence-corrected chi connectivity index (χ0v) is 22.6. The van der Waals surface area contributed by atoms with Gasteiger partial charge in [0, 0.05) is 42.8 Å². The summed E-state index contributed by atoms with van der Waals surface area (Å²) in [5.74, 6) is 0.361. The van der Waals surface area contributed by atoms with Crippen LogP contribution in [0, 0.1) is 5.92 Å². The van der Waals surface area contributed by atoms with Gasteiger partial charge in [-0.2, -0.15) is 0 Å². The monoisotopic (exact) mass is 511 g/mol. The molecule has 2 aliphatic heterocycles. The molecule has 0 atom stereocenters. The number of piperidine rings is 1. The molecule has 2 aliphatic rings. The number of amides is 1. The van der Waals surface area contributed by atoms with Crippen molar-refractivity contribution in [2.45, 2.75) is 84.8 Å². The zero-order chi connectivity index (χ0) is 27.0. The van der Waals surface area contributed by atoms with Gasteiger partial charge < -0.3 is 23.8 Å². The number of hydrogen-bond donors (Lipinski definition) is 0. The molecule has 1 saturated heterocycles. The van der Waals surface area contributed by atoms with Gasteiger partial charge in [-0.25, -0.2) is 4.79 Å². The molecule has 0 bridgehead atoms. The summed E-state index contributed by atoms with van der Waals surface area (Å²) in [6, 6.07) is 7.51. The average molecular weight is 512 g/mol. The zero-order valence-electron chi connectivity index (χ0n) is 22.6. The van der Waals surface area contributed by atoms with E-state index in [0.29, 0.717) is 43.5 Å². The Kier molecular flexibility index (Phi) is 7.40. The molecule has 0 aromatic heterocycles. The van der Waals surface area contributed by atoms with E-state index in [1.54, 1.807) is 4.90 Å². The molecule has 4 rings (SSSR count). The van der Waals surface area contributed by atoms with Crippen molar-refractivity contribution in [3.63, 3.8) is 0 Å². The second kappa shape index (κ2) is 10.2. The number of carbonyl (C=O) groups is 3. The topological polar surface area (TPSA) is 91.4 Å². The molecule has 200 valence electrons. The number of benzene rings is 2. The number of rotatable bonds is 4. The van der Waals surface area contributed by atoms with Gasteiger partial charge in [0.15, 0.2) is 11.5 Å². The number of carbonyl (C=O) groups excluding carboxylic acids is 3. The van der Waals surface area contributed by atoms with Crippen molar-refractivity contribution in [1.82, 2.24) is 4.90 Å². The molecular weight excluding hydrogens is 474 g/mol. The van der Waals surface area contributed by atoms with Crippen molar-refractivity contribution >= 4 is 28.8 Å². The third-order valence-electron chi connectivity index (χ3n) is 6.71.